The van der Waals surface area contributed by atoms with E-state index in [2.05, 4.69) is 75.5 Å². The lowest BCUT2D eigenvalue weighted by Gasteiger charge is -2.20. The highest BCUT2D eigenvalue weighted by atomic mass is 16.1. The van der Waals surface area contributed by atoms with E-state index < -0.39 is 0 Å². The molecular formula is C25H33NO. The summed E-state index contributed by atoms with van der Waals surface area (Å²) >= 11 is 0. The van der Waals surface area contributed by atoms with Crippen molar-refractivity contribution in [2.24, 2.45) is 0 Å². The van der Waals surface area contributed by atoms with Crippen LogP contribution in [0.1, 0.15) is 80.8 Å². The molecule has 3 rings (SSSR count). The number of amides is 1. The van der Waals surface area contributed by atoms with Gasteiger partial charge in [-0.05, 0) is 72.3 Å². The quantitative estimate of drug-likeness (QED) is 0.728. The molecule has 0 spiro atoms. The lowest BCUT2D eigenvalue weighted by Crippen LogP contribution is -2.27. The number of hydrogen-bond donors (Lipinski definition) is 1. The van der Waals surface area contributed by atoms with E-state index in [1.54, 1.807) is 0 Å². The number of hydrogen-bond acceptors (Lipinski definition) is 1. The van der Waals surface area contributed by atoms with Crippen molar-refractivity contribution in [1.29, 1.82) is 0 Å². The van der Waals surface area contributed by atoms with E-state index >= 15 is 0 Å². The fraction of sp³-hybridized carbons (Fsp3) is 0.480. The van der Waals surface area contributed by atoms with Gasteiger partial charge < -0.3 is 5.32 Å². The summed E-state index contributed by atoms with van der Waals surface area (Å²) in [5.41, 5.74) is 6.90. The predicted molar refractivity (Wildman–Crippen MR) is 113 cm³/mol. The van der Waals surface area contributed by atoms with Gasteiger partial charge in [-0.3, -0.25) is 4.79 Å². The minimum absolute atomic E-state index is 0.0630. The first-order valence-corrected chi connectivity index (χ1v) is 10.3. The van der Waals surface area contributed by atoms with Crippen molar-refractivity contribution in [2.75, 3.05) is 0 Å². The summed E-state index contributed by atoms with van der Waals surface area (Å²) in [6.07, 6.45) is 6.27. The highest BCUT2D eigenvalue weighted by Gasteiger charge is 2.15. The Balaban J connectivity index is 1.53. The Bertz CT molecular complexity index is 783. The van der Waals surface area contributed by atoms with Gasteiger partial charge in [0.1, 0.15) is 0 Å². The van der Waals surface area contributed by atoms with Gasteiger partial charge in [0, 0.05) is 6.42 Å². The molecule has 1 N–H and O–H groups in total. The van der Waals surface area contributed by atoms with Crippen LogP contribution in [-0.4, -0.2) is 5.91 Å². The second kappa shape index (κ2) is 8.29. The van der Waals surface area contributed by atoms with Gasteiger partial charge in [-0.25, -0.2) is 0 Å². The number of aryl methyl sites for hydroxylation is 3. The number of rotatable bonds is 5. The first-order chi connectivity index (χ1) is 12.8. The standard InChI is InChI=1S/C25H33NO/c1-18(21-13-12-20-7-5-6-8-22(20)17-21)26-24(27)16-11-19-9-14-23(15-10-19)25(2,3)4/h9-10,12-15,17-18H,5-8,11,16H2,1-4H3,(H,26,27)/t18-/m0/s1. The molecule has 1 aliphatic carbocycles. The number of benzene rings is 2. The molecule has 27 heavy (non-hydrogen) atoms. The molecule has 0 bridgehead atoms. The number of carbonyl (C=O) groups is 1. The third kappa shape index (κ3) is 5.22. The molecule has 1 amide bonds. The van der Waals surface area contributed by atoms with Crippen LogP contribution in [0.5, 0.6) is 0 Å². The predicted octanol–water partition coefficient (Wildman–Crippen LogP) is 5.67. The average Bonchev–Trinajstić information content (AvgIpc) is 2.65. The van der Waals surface area contributed by atoms with Crippen molar-refractivity contribution >= 4 is 5.91 Å². The molecule has 2 nitrogen and oxygen atoms in total. The molecular weight excluding hydrogens is 330 g/mol. The maximum atomic E-state index is 12.4. The maximum Gasteiger partial charge on any atom is 0.220 e. The summed E-state index contributed by atoms with van der Waals surface area (Å²) in [7, 11) is 0. The average molecular weight is 364 g/mol. The van der Waals surface area contributed by atoms with E-state index in [1.807, 2.05) is 0 Å². The molecule has 2 heteroatoms. The second-order valence-electron chi connectivity index (χ2n) is 8.97. The van der Waals surface area contributed by atoms with Gasteiger partial charge in [-0.1, -0.05) is 63.2 Å². The molecule has 0 aromatic heterocycles. The van der Waals surface area contributed by atoms with Gasteiger partial charge in [-0.15, -0.1) is 0 Å². The van der Waals surface area contributed by atoms with Crippen molar-refractivity contribution in [3.8, 4) is 0 Å². The Morgan fingerprint density at radius 3 is 2.33 bits per heavy atom. The Kier molecular flexibility index (Phi) is 6.04. The minimum atomic E-state index is 0.0630. The monoisotopic (exact) mass is 363 g/mol. The van der Waals surface area contributed by atoms with E-state index in [0.29, 0.717) is 6.42 Å². The molecule has 2 aromatic rings. The fourth-order valence-corrected chi connectivity index (χ4v) is 3.85. The molecule has 0 saturated heterocycles. The highest BCUT2D eigenvalue weighted by molar-refractivity contribution is 5.76. The van der Waals surface area contributed by atoms with Crippen molar-refractivity contribution < 1.29 is 4.79 Å². The molecule has 0 aliphatic heterocycles. The third-order valence-electron chi connectivity index (χ3n) is 5.71. The molecule has 1 atom stereocenters. The third-order valence-corrected chi connectivity index (χ3v) is 5.71. The van der Waals surface area contributed by atoms with Crippen molar-refractivity contribution in [1.82, 2.24) is 5.32 Å². The molecule has 2 aromatic carbocycles. The van der Waals surface area contributed by atoms with Crippen LogP contribution in [0.2, 0.25) is 0 Å². The van der Waals surface area contributed by atoms with Crippen LogP contribution in [0.3, 0.4) is 0 Å². The largest absolute Gasteiger partial charge is 0.350 e. The molecule has 1 aliphatic rings. The Morgan fingerprint density at radius 1 is 1.00 bits per heavy atom. The Morgan fingerprint density at radius 2 is 1.67 bits per heavy atom. The summed E-state index contributed by atoms with van der Waals surface area (Å²) < 4.78 is 0. The summed E-state index contributed by atoms with van der Waals surface area (Å²) in [4.78, 5) is 12.4. The van der Waals surface area contributed by atoms with Gasteiger partial charge in [0.2, 0.25) is 5.91 Å². The molecule has 0 unspecified atom stereocenters. The summed E-state index contributed by atoms with van der Waals surface area (Å²) in [6.45, 7) is 8.74. The maximum absolute atomic E-state index is 12.4. The van der Waals surface area contributed by atoms with Gasteiger partial charge in [0.25, 0.3) is 0 Å². The second-order valence-corrected chi connectivity index (χ2v) is 8.97. The Hall–Kier alpha value is -2.09. The number of fused-ring (bicyclic) bond motifs is 1. The molecule has 0 radical (unpaired) electrons. The fourth-order valence-electron chi connectivity index (χ4n) is 3.85. The molecule has 0 fully saturated rings. The van der Waals surface area contributed by atoms with Crippen molar-refractivity contribution in [3.63, 3.8) is 0 Å². The van der Waals surface area contributed by atoms with Crippen LogP contribution >= 0.6 is 0 Å². The lowest BCUT2D eigenvalue weighted by molar-refractivity contribution is -0.121. The smallest absolute Gasteiger partial charge is 0.220 e. The van der Waals surface area contributed by atoms with Crippen LogP contribution in [0, 0.1) is 0 Å². The van der Waals surface area contributed by atoms with E-state index in [4.69, 9.17) is 0 Å². The summed E-state index contributed by atoms with van der Waals surface area (Å²) in [6, 6.07) is 15.5. The zero-order valence-corrected chi connectivity index (χ0v) is 17.3. The van der Waals surface area contributed by atoms with Gasteiger partial charge in [-0.2, -0.15) is 0 Å². The molecule has 144 valence electrons. The molecule has 0 heterocycles. The topological polar surface area (TPSA) is 29.1 Å². The normalized spacial score (nSPS) is 15.1. The van der Waals surface area contributed by atoms with Crippen molar-refractivity contribution in [2.45, 2.75) is 77.7 Å². The number of nitrogens with one attached hydrogen (secondary N) is 1. The van der Waals surface area contributed by atoms with E-state index in [9.17, 15) is 4.79 Å². The van der Waals surface area contributed by atoms with Crippen LogP contribution in [0.4, 0.5) is 0 Å². The van der Waals surface area contributed by atoms with Crippen LogP contribution < -0.4 is 5.32 Å². The summed E-state index contributed by atoms with van der Waals surface area (Å²) in [5.74, 6) is 0.125. The van der Waals surface area contributed by atoms with Crippen LogP contribution in [0.25, 0.3) is 0 Å². The van der Waals surface area contributed by atoms with E-state index in [0.717, 1.165) is 6.42 Å². The zero-order chi connectivity index (χ0) is 19.4. The Labute approximate surface area is 164 Å². The first-order valence-electron chi connectivity index (χ1n) is 10.3. The first kappa shape index (κ1) is 19.7. The van der Waals surface area contributed by atoms with Crippen LogP contribution in [-0.2, 0) is 29.5 Å². The lowest BCUT2D eigenvalue weighted by atomic mass is 9.86. The van der Waals surface area contributed by atoms with E-state index in [-0.39, 0.29) is 17.4 Å². The highest BCUT2D eigenvalue weighted by Crippen LogP contribution is 2.25. The van der Waals surface area contributed by atoms with E-state index in [1.165, 1.54) is 53.5 Å². The van der Waals surface area contributed by atoms with Gasteiger partial charge >= 0.3 is 0 Å². The number of carbonyl (C=O) groups excluding carboxylic acids is 1. The SMILES string of the molecule is C[C@H](NC(=O)CCc1ccc(C(C)(C)C)cc1)c1ccc2c(c1)CCCC2. The molecule has 0 saturated carbocycles. The van der Waals surface area contributed by atoms with Gasteiger partial charge in [0.15, 0.2) is 0 Å². The zero-order valence-electron chi connectivity index (χ0n) is 17.3. The minimum Gasteiger partial charge on any atom is -0.350 e. The summed E-state index contributed by atoms with van der Waals surface area (Å²) in [5, 5.41) is 3.17. The van der Waals surface area contributed by atoms with Gasteiger partial charge in [0.05, 0.1) is 6.04 Å². The van der Waals surface area contributed by atoms with Crippen molar-refractivity contribution in [3.05, 3.63) is 70.3 Å². The van der Waals surface area contributed by atoms with Crippen LogP contribution in [0.15, 0.2) is 42.5 Å².